The molecule has 1 fully saturated rings. The van der Waals surface area contributed by atoms with Crippen LogP contribution in [0.3, 0.4) is 0 Å². The van der Waals surface area contributed by atoms with Crippen LogP contribution in [-0.4, -0.2) is 64.9 Å². The maximum atomic E-state index is 12.3. The number of nitrogens with one attached hydrogen (secondary N) is 1. The molecule has 0 atom stereocenters. The van der Waals surface area contributed by atoms with E-state index < -0.39 is 11.5 Å². The third-order valence-electron chi connectivity index (χ3n) is 4.80. The molecule has 9 nitrogen and oxygen atoms in total. The number of hydrogen-bond acceptors (Lipinski definition) is 8. The second kappa shape index (κ2) is 10.6. The standard InChI is InChI=1S/C21H25Cl3N6O3S/c1-21(2,3)33-20(32)30-7-5-29(6-8-30)15-12(22)9-11(10-13(15)23)26-18-14(17(25)31)16(24)27-19(28-18)34-4/h9-10H,5-8H2,1-4H3,(H2,25,31)(H,26,27,28). The fraction of sp³-hybridized carbons (Fsp3) is 0.429. The molecule has 1 aromatic carbocycles. The highest BCUT2D eigenvalue weighted by Gasteiger charge is 2.28. The van der Waals surface area contributed by atoms with E-state index in [9.17, 15) is 9.59 Å². The predicted molar refractivity (Wildman–Crippen MR) is 137 cm³/mol. The Morgan fingerprint density at radius 1 is 1.09 bits per heavy atom. The monoisotopic (exact) mass is 546 g/mol. The van der Waals surface area contributed by atoms with Gasteiger partial charge in [-0.1, -0.05) is 46.6 Å². The quantitative estimate of drug-likeness (QED) is 0.303. The first-order chi connectivity index (χ1) is 15.9. The van der Waals surface area contributed by atoms with E-state index in [0.29, 0.717) is 52.8 Å². The highest BCUT2D eigenvalue weighted by atomic mass is 35.5. The number of carbonyl (C=O) groups excluding carboxylic acids is 2. The smallest absolute Gasteiger partial charge is 0.410 e. The van der Waals surface area contributed by atoms with Gasteiger partial charge in [0.15, 0.2) is 5.16 Å². The number of benzene rings is 1. The number of thioether (sulfide) groups is 1. The van der Waals surface area contributed by atoms with Crippen molar-refractivity contribution in [3.05, 3.63) is 32.9 Å². The number of ether oxygens (including phenoxy) is 1. The molecule has 0 radical (unpaired) electrons. The number of anilines is 3. The Bertz CT molecular complexity index is 1080. The lowest BCUT2D eigenvalue weighted by atomic mass is 10.2. The molecule has 1 aliphatic rings. The molecule has 0 aliphatic carbocycles. The van der Waals surface area contributed by atoms with Gasteiger partial charge in [-0.2, -0.15) is 0 Å². The van der Waals surface area contributed by atoms with Gasteiger partial charge in [-0.25, -0.2) is 14.8 Å². The molecule has 0 saturated carbocycles. The maximum absolute atomic E-state index is 12.3. The van der Waals surface area contributed by atoms with Crippen LogP contribution in [0.15, 0.2) is 17.3 Å². The number of nitrogens with zero attached hydrogens (tertiary/aromatic N) is 4. The molecule has 2 aromatic rings. The summed E-state index contributed by atoms with van der Waals surface area (Å²) >= 11 is 20.6. The first kappa shape index (κ1) is 26.5. The van der Waals surface area contributed by atoms with Crippen molar-refractivity contribution >= 4 is 75.8 Å². The number of rotatable bonds is 5. The van der Waals surface area contributed by atoms with E-state index in [1.165, 1.54) is 11.8 Å². The lowest BCUT2D eigenvalue weighted by molar-refractivity contribution is 0.0240. The largest absolute Gasteiger partial charge is 0.444 e. The molecule has 34 heavy (non-hydrogen) atoms. The molecular formula is C21H25Cl3N6O3S. The molecule has 2 heterocycles. The molecule has 13 heteroatoms. The summed E-state index contributed by atoms with van der Waals surface area (Å²) in [6.07, 6.45) is 1.44. The molecule has 0 unspecified atom stereocenters. The van der Waals surface area contributed by atoms with Crippen molar-refractivity contribution in [2.45, 2.75) is 31.5 Å². The Balaban J connectivity index is 1.79. The zero-order valence-electron chi connectivity index (χ0n) is 19.1. The minimum atomic E-state index is -0.767. The van der Waals surface area contributed by atoms with Gasteiger partial charge in [-0.05, 0) is 39.2 Å². The SMILES string of the molecule is CSc1nc(Cl)c(C(N)=O)c(Nc2cc(Cl)c(N3CCN(C(=O)OC(C)(C)C)CC3)c(Cl)c2)n1. The summed E-state index contributed by atoms with van der Waals surface area (Å²) in [5, 5.41) is 4.13. The van der Waals surface area contributed by atoms with Crippen LogP contribution in [0.25, 0.3) is 0 Å². The Morgan fingerprint density at radius 3 is 2.18 bits per heavy atom. The van der Waals surface area contributed by atoms with Crippen molar-refractivity contribution in [3.8, 4) is 0 Å². The Labute approximate surface area is 217 Å². The summed E-state index contributed by atoms with van der Waals surface area (Å²) in [5.41, 5.74) is 6.02. The van der Waals surface area contributed by atoms with E-state index in [1.54, 1.807) is 23.3 Å². The van der Waals surface area contributed by atoms with Gasteiger partial charge in [0, 0.05) is 31.9 Å². The zero-order chi connectivity index (χ0) is 25.2. The molecule has 184 valence electrons. The van der Waals surface area contributed by atoms with Crippen LogP contribution in [0.5, 0.6) is 0 Å². The average Bonchev–Trinajstić information content (AvgIpc) is 2.71. The number of primary amides is 1. The van der Waals surface area contributed by atoms with Crippen molar-refractivity contribution in [2.24, 2.45) is 5.73 Å². The van der Waals surface area contributed by atoms with Crippen molar-refractivity contribution in [2.75, 3.05) is 42.7 Å². The van der Waals surface area contributed by atoms with Gasteiger partial charge >= 0.3 is 6.09 Å². The predicted octanol–water partition coefficient (Wildman–Crippen LogP) is 5.06. The summed E-state index contributed by atoms with van der Waals surface area (Å²) in [6, 6.07) is 3.34. The Morgan fingerprint density at radius 2 is 1.68 bits per heavy atom. The number of piperazine rings is 1. The van der Waals surface area contributed by atoms with E-state index in [-0.39, 0.29) is 22.6 Å². The summed E-state index contributed by atoms with van der Waals surface area (Å²) in [6.45, 7) is 7.52. The molecular weight excluding hydrogens is 523 g/mol. The van der Waals surface area contributed by atoms with Gasteiger partial charge in [0.2, 0.25) is 0 Å². The van der Waals surface area contributed by atoms with E-state index in [0.717, 1.165) is 0 Å². The van der Waals surface area contributed by atoms with Crippen LogP contribution in [0.4, 0.5) is 22.0 Å². The molecule has 0 spiro atoms. The van der Waals surface area contributed by atoms with Crippen molar-refractivity contribution in [3.63, 3.8) is 0 Å². The van der Waals surface area contributed by atoms with Gasteiger partial charge in [-0.3, -0.25) is 4.79 Å². The minimum absolute atomic E-state index is 0.0333. The van der Waals surface area contributed by atoms with Gasteiger partial charge in [-0.15, -0.1) is 0 Å². The summed E-state index contributed by atoms with van der Waals surface area (Å²) in [5.74, 6) is -0.612. The van der Waals surface area contributed by atoms with Gasteiger partial charge in [0.25, 0.3) is 5.91 Å². The normalized spacial score (nSPS) is 14.2. The second-order valence-corrected chi connectivity index (χ2v) is 10.4. The number of halogens is 3. The van der Waals surface area contributed by atoms with Crippen LogP contribution in [0.1, 0.15) is 31.1 Å². The number of hydrogen-bond donors (Lipinski definition) is 2. The third-order valence-corrected chi connectivity index (χ3v) is 6.20. The molecule has 3 rings (SSSR count). The number of nitrogens with two attached hydrogens (primary N) is 1. The molecule has 0 bridgehead atoms. The van der Waals surface area contributed by atoms with Crippen LogP contribution in [0.2, 0.25) is 15.2 Å². The maximum Gasteiger partial charge on any atom is 0.410 e. The first-order valence-corrected chi connectivity index (χ1v) is 12.7. The van der Waals surface area contributed by atoms with Crippen LogP contribution >= 0.6 is 46.6 Å². The van der Waals surface area contributed by atoms with Gasteiger partial charge in [0.05, 0.1) is 15.7 Å². The van der Waals surface area contributed by atoms with E-state index in [2.05, 4.69) is 15.3 Å². The number of amides is 2. The molecule has 1 saturated heterocycles. The number of aromatic nitrogens is 2. The third kappa shape index (κ3) is 6.29. The van der Waals surface area contributed by atoms with Crippen molar-refractivity contribution < 1.29 is 14.3 Å². The summed E-state index contributed by atoms with van der Waals surface area (Å²) in [4.78, 5) is 36.2. The molecule has 1 aromatic heterocycles. The molecule has 2 amide bonds. The topological polar surface area (TPSA) is 114 Å². The zero-order valence-corrected chi connectivity index (χ0v) is 22.2. The fourth-order valence-corrected chi connectivity index (χ4v) is 4.73. The van der Waals surface area contributed by atoms with Crippen LogP contribution in [-0.2, 0) is 4.74 Å². The molecule has 1 aliphatic heterocycles. The van der Waals surface area contributed by atoms with Crippen molar-refractivity contribution in [1.82, 2.24) is 14.9 Å². The fourth-order valence-electron chi connectivity index (χ4n) is 3.33. The Hall–Kier alpha value is -2.14. The highest BCUT2D eigenvalue weighted by Crippen LogP contribution is 2.38. The molecule has 3 N–H and O–H groups in total. The van der Waals surface area contributed by atoms with E-state index in [4.69, 9.17) is 45.3 Å². The van der Waals surface area contributed by atoms with Crippen LogP contribution < -0.4 is 16.0 Å². The second-order valence-electron chi connectivity index (χ2n) is 8.46. The summed E-state index contributed by atoms with van der Waals surface area (Å²) in [7, 11) is 0. The highest BCUT2D eigenvalue weighted by molar-refractivity contribution is 7.98. The van der Waals surface area contributed by atoms with E-state index in [1.807, 2.05) is 25.7 Å². The number of carbonyl (C=O) groups is 2. The lowest BCUT2D eigenvalue weighted by Crippen LogP contribution is -2.50. The lowest BCUT2D eigenvalue weighted by Gasteiger charge is -2.37. The first-order valence-electron chi connectivity index (χ1n) is 10.3. The summed E-state index contributed by atoms with van der Waals surface area (Å²) < 4.78 is 5.44. The Kier molecular flexibility index (Phi) is 8.28. The van der Waals surface area contributed by atoms with Gasteiger partial charge < -0.3 is 25.6 Å². The minimum Gasteiger partial charge on any atom is -0.444 e. The van der Waals surface area contributed by atoms with Gasteiger partial charge in [0.1, 0.15) is 22.1 Å². The van der Waals surface area contributed by atoms with E-state index >= 15 is 0 Å². The van der Waals surface area contributed by atoms with Crippen LogP contribution in [0, 0.1) is 0 Å². The average molecular weight is 548 g/mol. The van der Waals surface area contributed by atoms with Crippen molar-refractivity contribution in [1.29, 1.82) is 0 Å².